The summed E-state index contributed by atoms with van der Waals surface area (Å²) >= 11 is 3.40. The van der Waals surface area contributed by atoms with Crippen LogP contribution in [0, 0.1) is 0 Å². The van der Waals surface area contributed by atoms with Gasteiger partial charge in [-0.25, -0.2) is 0 Å². The Balaban J connectivity index is 2.08. The van der Waals surface area contributed by atoms with Crippen LogP contribution in [0.3, 0.4) is 0 Å². The minimum atomic E-state index is 0.191. The fraction of sp³-hybridized carbons (Fsp3) is 0.625. The number of benzene rings is 1. The maximum atomic E-state index is 9.95. The molecule has 4 heteroatoms. The molecule has 1 aromatic carbocycles. The molecule has 0 aromatic heterocycles. The predicted molar refractivity (Wildman–Crippen MR) is 85.3 cm³/mol. The van der Waals surface area contributed by atoms with Gasteiger partial charge in [-0.3, -0.25) is 4.90 Å². The number of phenols is 1. The van der Waals surface area contributed by atoms with E-state index in [2.05, 4.69) is 27.9 Å². The Morgan fingerprint density at radius 2 is 2.00 bits per heavy atom. The lowest BCUT2D eigenvalue weighted by Crippen LogP contribution is -2.32. The number of ether oxygens (including phenoxy) is 1. The molecule has 1 aromatic rings. The first-order valence-corrected chi connectivity index (χ1v) is 8.25. The lowest BCUT2D eigenvalue weighted by atomic mass is 9.94. The zero-order valence-corrected chi connectivity index (χ0v) is 13.9. The highest BCUT2D eigenvalue weighted by atomic mass is 79.9. The van der Waals surface area contributed by atoms with Crippen molar-refractivity contribution in [1.29, 1.82) is 0 Å². The maximum Gasteiger partial charge on any atom is 0.172 e. The van der Waals surface area contributed by atoms with E-state index < -0.39 is 0 Å². The fourth-order valence-corrected chi connectivity index (χ4v) is 3.41. The van der Waals surface area contributed by atoms with Crippen molar-refractivity contribution in [2.24, 2.45) is 0 Å². The molecular weight excluding hydrogens is 318 g/mol. The van der Waals surface area contributed by atoms with Gasteiger partial charge in [0.2, 0.25) is 0 Å². The van der Waals surface area contributed by atoms with Gasteiger partial charge in [0.05, 0.1) is 11.1 Å². The van der Waals surface area contributed by atoms with Crippen LogP contribution in [-0.4, -0.2) is 29.7 Å². The molecule has 112 valence electrons. The Morgan fingerprint density at radius 3 is 2.65 bits per heavy atom. The summed E-state index contributed by atoms with van der Waals surface area (Å²) in [5.74, 6) is 0.754. The molecule has 1 fully saturated rings. The SMILES string of the molecule is CCOc1cc(CN(C)C2CCCCC2)cc(Br)c1O. The van der Waals surface area contributed by atoms with E-state index in [1.54, 1.807) is 0 Å². The highest BCUT2D eigenvalue weighted by Gasteiger charge is 2.19. The summed E-state index contributed by atoms with van der Waals surface area (Å²) in [6.07, 6.45) is 6.67. The summed E-state index contributed by atoms with van der Waals surface area (Å²) in [4.78, 5) is 2.42. The quantitative estimate of drug-likeness (QED) is 0.865. The molecular formula is C16H24BrNO2. The number of hydrogen-bond donors (Lipinski definition) is 1. The summed E-state index contributed by atoms with van der Waals surface area (Å²) in [6, 6.07) is 4.62. The van der Waals surface area contributed by atoms with Gasteiger partial charge in [-0.05, 0) is 60.4 Å². The van der Waals surface area contributed by atoms with Gasteiger partial charge in [0, 0.05) is 12.6 Å². The van der Waals surface area contributed by atoms with E-state index in [1.165, 1.54) is 37.7 Å². The molecule has 0 atom stereocenters. The van der Waals surface area contributed by atoms with Gasteiger partial charge < -0.3 is 9.84 Å². The first-order valence-electron chi connectivity index (χ1n) is 7.46. The molecule has 0 bridgehead atoms. The molecule has 3 nitrogen and oxygen atoms in total. The topological polar surface area (TPSA) is 32.7 Å². The van der Waals surface area contributed by atoms with Crippen molar-refractivity contribution in [3.05, 3.63) is 22.2 Å². The third-order valence-corrected chi connectivity index (χ3v) is 4.62. The third kappa shape index (κ3) is 3.89. The number of nitrogens with zero attached hydrogens (tertiary/aromatic N) is 1. The van der Waals surface area contributed by atoms with Crippen LogP contribution in [0.1, 0.15) is 44.6 Å². The van der Waals surface area contributed by atoms with E-state index in [-0.39, 0.29) is 5.75 Å². The van der Waals surface area contributed by atoms with E-state index in [1.807, 2.05) is 19.1 Å². The molecule has 2 rings (SSSR count). The highest BCUT2D eigenvalue weighted by Crippen LogP contribution is 2.36. The van der Waals surface area contributed by atoms with Crippen molar-refractivity contribution < 1.29 is 9.84 Å². The van der Waals surface area contributed by atoms with E-state index in [9.17, 15) is 5.11 Å². The Labute approximate surface area is 130 Å². The summed E-state index contributed by atoms with van der Waals surface area (Å²) in [5, 5.41) is 9.95. The average molecular weight is 342 g/mol. The Kier molecular flexibility index (Phi) is 5.73. The summed E-state index contributed by atoms with van der Waals surface area (Å²) in [7, 11) is 2.19. The normalized spacial score (nSPS) is 16.6. The van der Waals surface area contributed by atoms with Crippen LogP contribution in [0.15, 0.2) is 16.6 Å². The summed E-state index contributed by atoms with van der Waals surface area (Å²) in [5.41, 5.74) is 1.17. The molecule has 1 aliphatic carbocycles. The number of aromatic hydroxyl groups is 1. The first kappa shape index (κ1) is 15.6. The van der Waals surface area contributed by atoms with E-state index >= 15 is 0 Å². The Morgan fingerprint density at radius 1 is 1.30 bits per heavy atom. The van der Waals surface area contributed by atoms with Gasteiger partial charge in [0.25, 0.3) is 0 Å². The van der Waals surface area contributed by atoms with Gasteiger partial charge in [-0.1, -0.05) is 19.3 Å². The maximum absolute atomic E-state index is 9.95. The van der Waals surface area contributed by atoms with Crippen molar-refractivity contribution in [3.8, 4) is 11.5 Å². The summed E-state index contributed by atoms with van der Waals surface area (Å²) in [6.45, 7) is 3.37. The monoisotopic (exact) mass is 341 g/mol. The van der Waals surface area contributed by atoms with Crippen LogP contribution >= 0.6 is 15.9 Å². The van der Waals surface area contributed by atoms with Crippen molar-refractivity contribution in [3.63, 3.8) is 0 Å². The molecule has 0 amide bonds. The molecule has 1 N–H and O–H groups in total. The van der Waals surface area contributed by atoms with Gasteiger partial charge >= 0.3 is 0 Å². The van der Waals surface area contributed by atoms with Crippen molar-refractivity contribution in [1.82, 2.24) is 4.90 Å². The first-order chi connectivity index (χ1) is 9.61. The minimum absolute atomic E-state index is 0.191. The van der Waals surface area contributed by atoms with Gasteiger partial charge in [0.15, 0.2) is 11.5 Å². The second-order valence-corrected chi connectivity index (χ2v) is 6.42. The number of phenolic OH excluding ortho intramolecular Hbond substituents is 1. The van der Waals surface area contributed by atoms with Crippen molar-refractivity contribution >= 4 is 15.9 Å². The van der Waals surface area contributed by atoms with Crippen LogP contribution in [0.2, 0.25) is 0 Å². The van der Waals surface area contributed by atoms with Crippen LogP contribution in [0.25, 0.3) is 0 Å². The fourth-order valence-electron chi connectivity index (χ4n) is 2.92. The van der Waals surface area contributed by atoms with Gasteiger partial charge in [0.1, 0.15) is 0 Å². The molecule has 20 heavy (non-hydrogen) atoms. The van der Waals surface area contributed by atoms with E-state index in [4.69, 9.17) is 4.74 Å². The predicted octanol–water partition coefficient (Wildman–Crippen LogP) is 4.32. The van der Waals surface area contributed by atoms with E-state index in [0.29, 0.717) is 22.9 Å². The summed E-state index contributed by atoms with van der Waals surface area (Å²) < 4.78 is 6.19. The molecule has 0 aliphatic heterocycles. The molecule has 0 spiro atoms. The molecule has 0 heterocycles. The average Bonchev–Trinajstić information content (AvgIpc) is 2.45. The minimum Gasteiger partial charge on any atom is -0.503 e. The zero-order chi connectivity index (χ0) is 14.5. The van der Waals surface area contributed by atoms with Crippen molar-refractivity contribution in [2.45, 2.75) is 51.6 Å². The van der Waals surface area contributed by atoms with Crippen molar-refractivity contribution in [2.75, 3.05) is 13.7 Å². The number of halogens is 1. The second kappa shape index (κ2) is 7.32. The van der Waals surface area contributed by atoms with Crippen LogP contribution in [-0.2, 0) is 6.54 Å². The third-order valence-electron chi connectivity index (χ3n) is 4.02. The molecule has 0 radical (unpaired) electrons. The lowest BCUT2D eigenvalue weighted by molar-refractivity contribution is 0.184. The second-order valence-electron chi connectivity index (χ2n) is 5.56. The standard InChI is InChI=1S/C16H24BrNO2/c1-3-20-15-10-12(9-14(17)16(15)19)11-18(2)13-7-5-4-6-8-13/h9-10,13,19H,3-8,11H2,1-2H3. The van der Waals surface area contributed by atoms with Crippen LogP contribution in [0.5, 0.6) is 11.5 Å². The Hall–Kier alpha value is -0.740. The Bertz CT molecular complexity index is 444. The largest absolute Gasteiger partial charge is 0.503 e. The lowest BCUT2D eigenvalue weighted by Gasteiger charge is -2.31. The molecule has 1 aliphatic rings. The molecule has 1 saturated carbocycles. The zero-order valence-electron chi connectivity index (χ0n) is 12.4. The van der Waals surface area contributed by atoms with Crippen LogP contribution in [0.4, 0.5) is 0 Å². The molecule has 0 saturated heterocycles. The van der Waals surface area contributed by atoms with E-state index in [0.717, 1.165) is 6.54 Å². The van der Waals surface area contributed by atoms with Gasteiger partial charge in [-0.15, -0.1) is 0 Å². The van der Waals surface area contributed by atoms with Gasteiger partial charge in [-0.2, -0.15) is 0 Å². The molecule has 0 unspecified atom stereocenters. The smallest absolute Gasteiger partial charge is 0.172 e. The number of rotatable bonds is 5. The van der Waals surface area contributed by atoms with Crippen LogP contribution < -0.4 is 4.74 Å². The number of hydrogen-bond acceptors (Lipinski definition) is 3. The highest BCUT2D eigenvalue weighted by molar-refractivity contribution is 9.10.